The molecule has 3 aliphatic heterocycles. The number of nitrogens with two attached hydrogens (primary N) is 2. The molecule has 8 atom stereocenters. The lowest BCUT2D eigenvalue weighted by atomic mass is 10.2. The average Bonchev–Trinajstić information content (AvgIpc) is 3.76. The van der Waals surface area contributed by atoms with Gasteiger partial charge in [0.2, 0.25) is 5.95 Å². The third-order valence-electron chi connectivity index (χ3n) is 7.32. The summed E-state index contributed by atoms with van der Waals surface area (Å²) in [6, 6.07) is 0. The van der Waals surface area contributed by atoms with Crippen LogP contribution < -0.4 is 17.0 Å². The highest BCUT2D eigenvalue weighted by atomic mass is 32.7. The summed E-state index contributed by atoms with van der Waals surface area (Å²) in [4.78, 5) is 35.5. The number of aromatic amines is 1. The van der Waals surface area contributed by atoms with Gasteiger partial charge in [-0.1, -0.05) is 12.2 Å². The van der Waals surface area contributed by atoms with E-state index in [9.17, 15) is 13.9 Å². The molecule has 4 aromatic heterocycles. The Bertz CT molecular complexity index is 1890. The summed E-state index contributed by atoms with van der Waals surface area (Å²) in [6.45, 7) is -8.32. The van der Waals surface area contributed by atoms with Gasteiger partial charge in [-0.25, -0.2) is 29.1 Å². The maximum atomic E-state index is 13.8. The molecular weight excluding hydrogens is 662 g/mol. The molecular formula is C21H26N10O9P2S2. The number of imidazole rings is 2. The minimum Gasteiger partial charge on any atom is -0.382 e. The number of nitrogens with zero attached hydrogens (tertiary/aromatic N) is 7. The quantitative estimate of drug-likeness (QED) is 0.177. The standard InChI is InChI=1S/C21H26N10O9P2S2/c1-44-42(34)36-4-9-2-11(20(37-9)31-8-27-15-18(31)28-21(23)29-19(15)32)39-41(33,43)35-5-12-10(40-42)3-13(38-12)30-7-26-14-16(22)24-6-25-17(14)30/h6-13,20H,2-5H2,1H3,(H,33,43)(H2,22,24,25)(H3,23,28,29,32)/t9-,10-,11+,12+,13+,20+,41+,42+/m0/s1. The smallest absolute Gasteiger partial charge is 0.382 e. The summed E-state index contributed by atoms with van der Waals surface area (Å²) in [6.07, 6.45) is 1.07. The molecule has 44 heavy (non-hydrogen) atoms. The average molecular weight is 689 g/mol. The summed E-state index contributed by atoms with van der Waals surface area (Å²) < 4.78 is 66.3. The summed E-state index contributed by atoms with van der Waals surface area (Å²) >= 11 is 5.12. The van der Waals surface area contributed by atoms with Crippen LogP contribution in [0.2, 0.25) is 0 Å². The lowest BCUT2D eigenvalue weighted by Crippen LogP contribution is -2.29. The maximum absolute atomic E-state index is 13.8. The molecule has 4 aromatic rings. The molecule has 0 unspecified atom stereocenters. The van der Waals surface area contributed by atoms with Crippen molar-refractivity contribution in [3.63, 3.8) is 0 Å². The molecule has 236 valence electrons. The van der Waals surface area contributed by atoms with Crippen LogP contribution >= 0.6 is 37.2 Å². The van der Waals surface area contributed by atoms with Gasteiger partial charge in [-0.3, -0.25) is 37.0 Å². The van der Waals surface area contributed by atoms with Gasteiger partial charge in [0.25, 0.3) is 5.56 Å². The lowest BCUT2D eigenvalue weighted by Gasteiger charge is -2.26. The zero-order chi connectivity index (χ0) is 30.8. The molecule has 0 saturated carbocycles. The van der Waals surface area contributed by atoms with Gasteiger partial charge in [0.1, 0.15) is 36.4 Å². The highest BCUT2D eigenvalue weighted by molar-refractivity contribution is 8.54. The van der Waals surface area contributed by atoms with Gasteiger partial charge < -0.3 is 20.9 Å². The van der Waals surface area contributed by atoms with E-state index >= 15 is 0 Å². The topological polar surface area (TPSA) is 249 Å². The van der Waals surface area contributed by atoms with Gasteiger partial charge in [-0.05, 0) is 17.6 Å². The Kier molecular flexibility index (Phi) is 7.76. The van der Waals surface area contributed by atoms with Crippen LogP contribution in [0.3, 0.4) is 0 Å². The predicted molar refractivity (Wildman–Crippen MR) is 159 cm³/mol. The fraction of sp³-hybridized carbons (Fsp3) is 0.524. The number of H-pyrrole nitrogens is 1. The van der Waals surface area contributed by atoms with E-state index in [0.29, 0.717) is 11.2 Å². The molecule has 7 rings (SSSR count). The molecule has 23 heteroatoms. The van der Waals surface area contributed by atoms with Crippen LogP contribution in [0.4, 0.5) is 11.8 Å². The van der Waals surface area contributed by atoms with Crippen LogP contribution in [0.1, 0.15) is 25.3 Å². The molecule has 19 nitrogen and oxygen atoms in total. The zero-order valence-electron chi connectivity index (χ0n) is 22.7. The molecule has 0 spiro atoms. The molecule has 3 saturated heterocycles. The molecule has 7 heterocycles. The molecule has 3 fully saturated rings. The lowest BCUT2D eigenvalue weighted by molar-refractivity contribution is -0.0557. The van der Waals surface area contributed by atoms with Gasteiger partial charge in [0.05, 0.1) is 32.0 Å². The summed E-state index contributed by atoms with van der Waals surface area (Å²) in [5.41, 5.74) is 12.1. The molecule has 0 aromatic carbocycles. The van der Waals surface area contributed by atoms with Crippen molar-refractivity contribution >= 4 is 71.3 Å². The van der Waals surface area contributed by atoms with Crippen molar-refractivity contribution in [2.24, 2.45) is 0 Å². The van der Waals surface area contributed by atoms with Crippen molar-refractivity contribution in [2.45, 2.75) is 49.7 Å². The highest BCUT2D eigenvalue weighted by Crippen LogP contribution is 2.63. The van der Waals surface area contributed by atoms with Crippen LogP contribution in [0.25, 0.3) is 22.3 Å². The van der Waals surface area contributed by atoms with Crippen molar-refractivity contribution in [3.05, 3.63) is 29.3 Å². The Labute approximate surface area is 256 Å². The van der Waals surface area contributed by atoms with E-state index in [2.05, 4.69) is 42.2 Å². The number of thiol groups is 1. The van der Waals surface area contributed by atoms with Crippen LogP contribution in [0, 0.1) is 0 Å². The van der Waals surface area contributed by atoms with E-state index in [1.165, 1.54) is 23.5 Å². The second kappa shape index (κ2) is 11.3. The van der Waals surface area contributed by atoms with Crippen molar-refractivity contribution in [2.75, 3.05) is 30.9 Å². The largest absolute Gasteiger partial charge is 0.389 e. The molecule has 3 aliphatic rings. The second-order valence-electron chi connectivity index (χ2n) is 10.1. The second-order valence-corrected chi connectivity index (χ2v) is 17.1. The van der Waals surface area contributed by atoms with E-state index < -0.39 is 56.0 Å². The minimum absolute atomic E-state index is 0.0139. The number of rotatable bonds is 3. The first-order valence-electron chi connectivity index (χ1n) is 13.1. The summed E-state index contributed by atoms with van der Waals surface area (Å²) in [5.74, 6) is 0.0688. The van der Waals surface area contributed by atoms with E-state index in [0.717, 1.165) is 11.4 Å². The molecule has 5 N–H and O–H groups in total. The maximum Gasteiger partial charge on any atom is 0.389 e. The Hall–Kier alpha value is -2.58. The fourth-order valence-corrected chi connectivity index (χ4v) is 9.08. The SMILES string of the molecule is CS[P@]1(=O)OC[C@@H]2C[C@@H](O[P@](=O)(S)OC[C@H]3O[C@@H](n4cnc5c(N)ncnc54)C[C@@H]3O1)[C@H](n1cnc3c(=O)[nH]c(N)nc31)O2. The van der Waals surface area contributed by atoms with Crippen LogP contribution in [-0.4, -0.2) is 82.9 Å². The van der Waals surface area contributed by atoms with Crippen LogP contribution in [-0.2, 0) is 36.7 Å². The van der Waals surface area contributed by atoms with E-state index in [1.807, 2.05) is 0 Å². The summed E-state index contributed by atoms with van der Waals surface area (Å²) in [5, 5.41) is 0. The third-order valence-corrected chi connectivity index (χ3v) is 12.3. The number of nitrogens with one attached hydrogen (secondary N) is 1. The number of nitrogen functional groups attached to an aromatic ring is 2. The molecule has 0 radical (unpaired) electrons. The number of ether oxygens (including phenoxy) is 2. The van der Waals surface area contributed by atoms with Crippen molar-refractivity contribution in [1.82, 2.24) is 39.0 Å². The monoisotopic (exact) mass is 688 g/mol. The van der Waals surface area contributed by atoms with Gasteiger partial charge in [-0.2, -0.15) is 4.98 Å². The highest BCUT2D eigenvalue weighted by Gasteiger charge is 2.47. The number of hydrogen-bond acceptors (Lipinski definition) is 17. The molecule has 2 bridgehead atoms. The van der Waals surface area contributed by atoms with Crippen molar-refractivity contribution in [3.8, 4) is 0 Å². The van der Waals surface area contributed by atoms with Crippen molar-refractivity contribution in [1.29, 1.82) is 0 Å². The number of aromatic nitrogens is 8. The number of hydrogen-bond donors (Lipinski definition) is 4. The first-order chi connectivity index (χ1) is 21.0. The van der Waals surface area contributed by atoms with Crippen LogP contribution in [0.15, 0.2) is 23.8 Å². The first kappa shape index (κ1) is 30.1. The Balaban J connectivity index is 1.18. The minimum atomic E-state index is -4.07. The van der Waals surface area contributed by atoms with Crippen LogP contribution in [0.5, 0.6) is 0 Å². The van der Waals surface area contributed by atoms with E-state index in [-0.39, 0.29) is 49.0 Å². The van der Waals surface area contributed by atoms with Gasteiger partial charge in [0.15, 0.2) is 28.9 Å². The zero-order valence-corrected chi connectivity index (χ0v) is 26.2. The van der Waals surface area contributed by atoms with Gasteiger partial charge in [-0.15, -0.1) is 0 Å². The van der Waals surface area contributed by atoms with E-state index in [1.54, 1.807) is 10.8 Å². The number of anilines is 2. The normalized spacial score (nSPS) is 34.9. The van der Waals surface area contributed by atoms with E-state index in [4.69, 9.17) is 39.0 Å². The Morgan fingerprint density at radius 3 is 2.57 bits per heavy atom. The summed E-state index contributed by atoms with van der Waals surface area (Å²) in [7, 11) is 0. The Morgan fingerprint density at radius 2 is 1.75 bits per heavy atom. The van der Waals surface area contributed by atoms with Gasteiger partial charge in [0, 0.05) is 12.8 Å². The van der Waals surface area contributed by atoms with Crippen molar-refractivity contribution < 1.29 is 36.7 Å². The Morgan fingerprint density at radius 1 is 0.955 bits per heavy atom. The third kappa shape index (κ3) is 5.55. The number of fused-ring (bicyclic) bond motifs is 5. The predicted octanol–water partition coefficient (Wildman–Crippen LogP) is 2.03. The molecule has 0 aliphatic carbocycles. The first-order valence-corrected chi connectivity index (χ1v) is 19.2. The molecule has 0 amide bonds. The fourth-order valence-electron chi connectivity index (χ4n) is 5.34. The van der Waals surface area contributed by atoms with Gasteiger partial charge >= 0.3 is 13.6 Å².